The van der Waals surface area contributed by atoms with Crippen LogP contribution in [-0.4, -0.2) is 6.29 Å². The molecule has 0 N–H and O–H groups in total. The summed E-state index contributed by atoms with van der Waals surface area (Å²) in [5.74, 6) is 0.780. The van der Waals surface area contributed by atoms with Crippen molar-refractivity contribution in [1.82, 2.24) is 0 Å². The molecule has 1 unspecified atom stereocenters. The molecule has 0 fully saturated rings. The zero-order chi connectivity index (χ0) is 11.5. The lowest BCUT2D eigenvalue weighted by Crippen LogP contribution is -2.12. The first-order valence-electron chi connectivity index (χ1n) is 5.78. The van der Waals surface area contributed by atoms with Gasteiger partial charge in [-0.15, -0.1) is 0 Å². The fourth-order valence-corrected chi connectivity index (χ4v) is 1.96. The predicted octanol–water partition coefficient (Wildman–Crippen LogP) is 3.43. The average Bonchev–Trinajstić information content (AvgIpc) is 2.90. The van der Waals surface area contributed by atoms with Crippen molar-refractivity contribution in [2.45, 2.75) is 19.1 Å². The molecule has 0 saturated carbocycles. The van der Waals surface area contributed by atoms with Crippen molar-refractivity contribution in [2.75, 3.05) is 0 Å². The second kappa shape index (κ2) is 4.50. The second-order valence-corrected chi connectivity index (χ2v) is 4.07. The van der Waals surface area contributed by atoms with Crippen molar-refractivity contribution in [3.05, 3.63) is 66.0 Å². The van der Waals surface area contributed by atoms with E-state index in [0.29, 0.717) is 0 Å². The van der Waals surface area contributed by atoms with Crippen LogP contribution in [0.1, 0.15) is 18.4 Å². The second-order valence-electron chi connectivity index (χ2n) is 4.07. The molecule has 1 aliphatic heterocycles. The highest BCUT2D eigenvalue weighted by atomic mass is 16.7. The molecule has 0 bridgehead atoms. The summed E-state index contributed by atoms with van der Waals surface area (Å²) in [5, 5.41) is 0. The summed E-state index contributed by atoms with van der Waals surface area (Å²) in [6, 6.07) is 10.7. The van der Waals surface area contributed by atoms with Crippen molar-refractivity contribution in [2.24, 2.45) is 0 Å². The monoisotopic (exact) mass is 225 g/mol. The van der Waals surface area contributed by atoms with E-state index in [-0.39, 0.29) is 6.29 Å². The van der Waals surface area contributed by atoms with E-state index in [0.717, 1.165) is 24.2 Å². The topological polar surface area (TPSA) is 18.5 Å². The van der Waals surface area contributed by atoms with Crippen molar-refractivity contribution < 1.29 is 9.47 Å². The van der Waals surface area contributed by atoms with E-state index >= 15 is 0 Å². The number of allylic oxidation sites excluding steroid dienone is 3. The fourth-order valence-electron chi connectivity index (χ4n) is 1.96. The summed E-state index contributed by atoms with van der Waals surface area (Å²) in [6.45, 7) is 0. The minimum atomic E-state index is -0.254. The van der Waals surface area contributed by atoms with Crippen molar-refractivity contribution >= 4 is 5.76 Å². The van der Waals surface area contributed by atoms with Gasteiger partial charge in [0.2, 0.25) is 0 Å². The molecule has 2 heteroatoms. The summed E-state index contributed by atoms with van der Waals surface area (Å²) in [7, 11) is 0. The molecule has 1 aliphatic carbocycles. The van der Waals surface area contributed by atoms with Gasteiger partial charge in [-0.25, -0.2) is 0 Å². The summed E-state index contributed by atoms with van der Waals surface area (Å²) in [5.41, 5.74) is 2.20. The number of hydrogen-bond donors (Lipinski definition) is 0. The Morgan fingerprint density at radius 1 is 1.35 bits per heavy atom. The minimum Gasteiger partial charge on any atom is -0.455 e. The first-order chi connectivity index (χ1) is 8.43. The molecule has 0 aromatic heterocycles. The maximum atomic E-state index is 5.80. The lowest BCUT2D eigenvalue weighted by molar-refractivity contribution is 0.0142. The number of ether oxygens (including phenoxy) is 2. The van der Waals surface area contributed by atoms with Crippen molar-refractivity contribution in [1.29, 1.82) is 0 Å². The molecule has 2 nitrogen and oxygen atoms in total. The van der Waals surface area contributed by atoms with Crippen LogP contribution < -0.4 is 0 Å². The molecule has 1 heterocycles. The lowest BCUT2D eigenvalue weighted by Gasteiger charge is -2.16. The van der Waals surface area contributed by atoms with E-state index in [4.69, 9.17) is 9.47 Å². The van der Waals surface area contributed by atoms with Gasteiger partial charge in [0.25, 0.3) is 6.29 Å². The molecule has 1 aromatic rings. The number of hydrogen-bond acceptors (Lipinski definition) is 2. The Morgan fingerprint density at radius 2 is 2.35 bits per heavy atom. The molecular weight excluding hydrogens is 212 g/mol. The van der Waals surface area contributed by atoms with E-state index in [1.165, 1.54) is 5.57 Å². The van der Waals surface area contributed by atoms with E-state index in [1.807, 2.05) is 24.3 Å². The molecule has 1 radical (unpaired) electrons. The molecule has 0 amide bonds. The predicted molar refractivity (Wildman–Crippen MR) is 65.7 cm³/mol. The van der Waals surface area contributed by atoms with Gasteiger partial charge in [-0.2, -0.15) is 0 Å². The summed E-state index contributed by atoms with van der Waals surface area (Å²) in [6.07, 6.45) is 9.77. The third-order valence-corrected chi connectivity index (χ3v) is 2.87. The highest BCUT2D eigenvalue weighted by molar-refractivity contribution is 5.59. The average molecular weight is 225 g/mol. The standard InChI is InChI=1S/C15H13O2/c1-3-7-12(8-4-1)14-11-16-15(17-14)13-9-5-2-6-10-13/h1-3,5,7-9,11,15H,6,10H2. The van der Waals surface area contributed by atoms with Gasteiger partial charge >= 0.3 is 0 Å². The maximum absolute atomic E-state index is 5.80. The Labute approximate surface area is 101 Å². The summed E-state index contributed by atoms with van der Waals surface area (Å²) in [4.78, 5) is 0. The van der Waals surface area contributed by atoms with Gasteiger partial charge in [0.05, 0.1) is 0 Å². The molecule has 0 saturated heterocycles. The van der Waals surface area contributed by atoms with Crippen LogP contribution in [-0.2, 0) is 9.47 Å². The Morgan fingerprint density at radius 3 is 3.12 bits per heavy atom. The number of rotatable bonds is 2. The Balaban J connectivity index is 1.73. The van der Waals surface area contributed by atoms with E-state index in [1.54, 1.807) is 6.26 Å². The van der Waals surface area contributed by atoms with Gasteiger partial charge in [-0.1, -0.05) is 36.4 Å². The molecule has 85 valence electrons. The van der Waals surface area contributed by atoms with E-state index in [2.05, 4.69) is 24.3 Å². The molecule has 0 spiro atoms. The van der Waals surface area contributed by atoms with Gasteiger partial charge in [0.15, 0.2) is 5.76 Å². The van der Waals surface area contributed by atoms with E-state index in [9.17, 15) is 0 Å². The SMILES string of the molecule is [c]1cccc(C2=COC(C3=CC=CCC3)O2)c1. The van der Waals surface area contributed by atoms with Crippen LogP contribution in [0.25, 0.3) is 5.76 Å². The van der Waals surface area contributed by atoms with Gasteiger partial charge in [-0.05, 0) is 25.0 Å². The quantitative estimate of drug-likeness (QED) is 0.767. The molecular formula is C15H13O2. The third kappa shape index (κ3) is 2.11. The van der Waals surface area contributed by atoms with Crippen molar-refractivity contribution in [3.8, 4) is 0 Å². The first-order valence-corrected chi connectivity index (χ1v) is 5.78. The zero-order valence-corrected chi connectivity index (χ0v) is 9.43. The third-order valence-electron chi connectivity index (χ3n) is 2.87. The van der Waals surface area contributed by atoms with Crippen LogP contribution in [0.15, 0.2) is 54.3 Å². The number of benzene rings is 1. The zero-order valence-electron chi connectivity index (χ0n) is 9.43. The molecule has 17 heavy (non-hydrogen) atoms. The van der Waals surface area contributed by atoms with Crippen LogP contribution in [0, 0.1) is 6.07 Å². The van der Waals surface area contributed by atoms with Crippen molar-refractivity contribution in [3.63, 3.8) is 0 Å². The maximum Gasteiger partial charge on any atom is 0.263 e. The normalized spacial score (nSPS) is 22.5. The first kappa shape index (κ1) is 10.2. The van der Waals surface area contributed by atoms with Crippen LogP contribution in [0.5, 0.6) is 0 Å². The van der Waals surface area contributed by atoms with Crippen LogP contribution in [0.3, 0.4) is 0 Å². The smallest absolute Gasteiger partial charge is 0.263 e. The van der Waals surface area contributed by atoms with Gasteiger partial charge < -0.3 is 9.47 Å². The largest absolute Gasteiger partial charge is 0.455 e. The summed E-state index contributed by atoms with van der Waals surface area (Å²) < 4.78 is 11.4. The van der Waals surface area contributed by atoms with Gasteiger partial charge in [-0.3, -0.25) is 0 Å². The van der Waals surface area contributed by atoms with Gasteiger partial charge in [0.1, 0.15) is 6.26 Å². The van der Waals surface area contributed by atoms with Crippen LogP contribution in [0.2, 0.25) is 0 Å². The highest BCUT2D eigenvalue weighted by Crippen LogP contribution is 2.30. The fraction of sp³-hybridized carbons (Fsp3) is 0.200. The van der Waals surface area contributed by atoms with Crippen LogP contribution >= 0.6 is 0 Å². The molecule has 1 aromatic carbocycles. The molecule has 3 rings (SSSR count). The Kier molecular flexibility index (Phi) is 2.70. The lowest BCUT2D eigenvalue weighted by atomic mass is 10.1. The Hall–Kier alpha value is -1.96. The molecule has 1 atom stereocenters. The van der Waals surface area contributed by atoms with Crippen LogP contribution in [0.4, 0.5) is 0 Å². The van der Waals surface area contributed by atoms with Gasteiger partial charge in [0, 0.05) is 11.1 Å². The highest BCUT2D eigenvalue weighted by Gasteiger charge is 2.24. The Bertz CT molecular complexity index is 483. The minimum absolute atomic E-state index is 0.254. The summed E-state index contributed by atoms with van der Waals surface area (Å²) >= 11 is 0. The van der Waals surface area contributed by atoms with E-state index < -0.39 is 0 Å². The molecule has 2 aliphatic rings.